The molecule has 0 aliphatic heterocycles. The lowest BCUT2D eigenvalue weighted by molar-refractivity contribution is 0.474. The fourth-order valence-electron chi connectivity index (χ4n) is 0.801. The van der Waals surface area contributed by atoms with Gasteiger partial charge in [-0.05, 0) is 24.1 Å². The van der Waals surface area contributed by atoms with Gasteiger partial charge in [0.05, 0.1) is 0 Å². The monoisotopic (exact) mass is 147 g/mol. The first-order valence-corrected chi connectivity index (χ1v) is 3.18. The molecule has 0 amide bonds. The molecule has 0 radical (unpaired) electrons. The summed E-state index contributed by atoms with van der Waals surface area (Å²) in [7, 11) is 0. The minimum Gasteiger partial charge on any atom is -0.508 e. The molecule has 2 heteroatoms. The fraction of sp³-hybridized carbons (Fsp3) is 0. The molecule has 0 spiro atoms. The van der Waals surface area contributed by atoms with Gasteiger partial charge < -0.3 is 5.11 Å². The highest BCUT2D eigenvalue weighted by atomic mass is 16.3. The number of aromatic hydroxyl groups is 1. The number of benzene rings is 1. The van der Waals surface area contributed by atoms with Gasteiger partial charge in [-0.15, -0.1) is 0 Å². The number of hydrogen-bond acceptors (Lipinski definition) is 2. The average Bonchev–Trinajstić information content (AvgIpc) is 1.98. The van der Waals surface area contributed by atoms with Crippen molar-refractivity contribution >= 4 is 19.5 Å². The highest BCUT2D eigenvalue weighted by Gasteiger charge is 1.85. The third-order valence-electron chi connectivity index (χ3n) is 1.36. The minimum atomic E-state index is 0.215. The van der Waals surface area contributed by atoms with Gasteiger partial charge in [-0.3, -0.25) is 4.99 Å². The normalized spacial score (nSPS) is 11.5. The molecule has 56 valence electrons. The van der Waals surface area contributed by atoms with Crippen LogP contribution in [0.5, 0.6) is 5.75 Å². The summed E-state index contributed by atoms with van der Waals surface area (Å²) in [4.78, 5) is 3.58. The largest absolute Gasteiger partial charge is 0.508 e. The maximum absolute atomic E-state index is 9.05. The van der Waals surface area contributed by atoms with E-state index in [1.807, 2.05) is 0 Å². The fourth-order valence-corrected chi connectivity index (χ4v) is 0.801. The van der Waals surface area contributed by atoms with Crippen molar-refractivity contribution in [3.05, 3.63) is 28.6 Å². The van der Waals surface area contributed by atoms with Crippen molar-refractivity contribution in [2.45, 2.75) is 0 Å². The molecule has 0 fully saturated rings. The van der Waals surface area contributed by atoms with Gasteiger partial charge in [0.1, 0.15) is 5.75 Å². The Morgan fingerprint density at radius 3 is 2.82 bits per heavy atom. The summed E-state index contributed by atoms with van der Waals surface area (Å²) >= 11 is 0. The van der Waals surface area contributed by atoms with Gasteiger partial charge >= 0.3 is 0 Å². The second-order valence-corrected chi connectivity index (χ2v) is 2.19. The van der Waals surface area contributed by atoms with Crippen LogP contribution < -0.4 is 10.4 Å². The zero-order chi connectivity index (χ0) is 8.27. The van der Waals surface area contributed by atoms with Crippen LogP contribution in [-0.4, -0.2) is 11.8 Å². The Kier molecular flexibility index (Phi) is 2.06. The van der Waals surface area contributed by atoms with Crippen LogP contribution >= 0.6 is 0 Å². The molecule has 0 aromatic heterocycles. The Morgan fingerprint density at radius 1 is 1.45 bits per heavy atom. The molecule has 11 heavy (non-hydrogen) atoms. The molecular weight excluding hydrogens is 138 g/mol. The predicted octanol–water partition coefficient (Wildman–Crippen LogP) is 0.241. The maximum Gasteiger partial charge on any atom is 0.116 e. The zero-order valence-electron chi connectivity index (χ0n) is 6.12. The highest BCUT2D eigenvalue weighted by Crippen LogP contribution is 1.97. The Morgan fingerprint density at radius 2 is 2.18 bits per heavy atom. The van der Waals surface area contributed by atoms with Crippen molar-refractivity contribution in [2.24, 2.45) is 4.99 Å². The standard InChI is InChI=1S/C9H9NO/c1-7-3-4-9(11)5-8(7)6-10-2/h3-6,11H,1-2H2/b8-6-. The van der Waals surface area contributed by atoms with Crippen molar-refractivity contribution in [3.63, 3.8) is 0 Å². The van der Waals surface area contributed by atoms with Crippen molar-refractivity contribution in [2.75, 3.05) is 0 Å². The first-order chi connectivity index (χ1) is 5.24. The lowest BCUT2D eigenvalue weighted by atomic mass is 10.2. The predicted molar refractivity (Wildman–Crippen MR) is 46.9 cm³/mol. The molecule has 0 aliphatic rings. The van der Waals surface area contributed by atoms with Crippen molar-refractivity contribution in [1.29, 1.82) is 0 Å². The lowest BCUT2D eigenvalue weighted by Gasteiger charge is -1.89. The number of aliphatic imine (C=N–C) groups is 1. The molecule has 0 atom stereocenters. The van der Waals surface area contributed by atoms with Gasteiger partial charge in [0.2, 0.25) is 0 Å². The minimum absolute atomic E-state index is 0.215. The van der Waals surface area contributed by atoms with Crippen molar-refractivity contribution in [3.8, 4) is 5.75 Å². The molecule has 1 aromatic carbocycles. The van der Waals surface area contributed by atoms with Gasteiger partial charge in [0.25, 0.3) is 0 Å². The zero-order valence-corrected chi connectivity index (χ0v) is 6.12. The number of phenolic OH excluding ortho intramolecular Hbond substituents is 1. The van der Waals surface area contributed by atoms with Gasteiger partial charge in [-0.2, -0.15) is 0 Å². The molecule has 0 saturated heterocycles. The van der Waals surface area contributed by atoms with Crippen molar-refractivity contribution in [1.82, 2.24) is 0 Å². The van der Waals surface area contributed by atoms with Crippen LogP contribution in [0, 0.1) is 0 Å². The van der Waals surface area contributed by atoms with Crippen LogP contribution in [0.4, 0.5) is 0 Å². The number of rotatable bonds is 1. The number of nitrogens with zero attached hydrogens (tertiary/aromatic N) is 1. The summed E-state index contributed by atoms with van der Waals surface area (Å²) in [5.41, 5.74) is 0. The van der Waals surface area contributed by atoms with E-state index in [0.29, 0.717) is 0 Å². The SMILES string of the molecule is C=N/C=c1/cc(O)ccc1=C. The second-order valence-electron chi connectivity index (χ2n) is 2.19. The van der Waals surface area contributed by atoms with E-state index in [0.717, 1.165) is 10.4 Å². The van der Waals surface area contributed by atoms with E-state index >= 15 is 0 Å². The molecular formula is C9H9NO. The van der Waals surface area contributed by atoms with Crippen LogP contribution in [0.1, 0.15) is 0 Å². The summed E-state index contributed by atoms with van der Waals surface area (Å²) in [6.07, 6.45) is 1.56. The van der Waals surface area contributed by atoms with E-state index in [1.54, 1.807) is 24.4 Å². The quantitative estimate of drug-likeness (QED) is 0.567. The Balaban J connectivity index is 3.47. The van der Waals surface area contributed by atoms with E-state index in [-0.39, 0.29) is 5.75 Å². The topological polar surface area (TPSA) is 32.6 Å². The second kappa shape index (κ2) is 3.01. The molecule has 2 nitrogen and oxygen atoms in total. The van der Waals surface area contributed by atoms with Gasteiger partial charge in [-0.25, -0.2) is 0 Å². The summed E-state index contributed by atoms with van der Waals surface area (Å²) in [5.74, 6) is 0.215. The first-order valence-electron chi connectivity index (χ1n) is 3.18. The Labute approximate surface area is 64.8 Å². The summed E-state index contributed by atoms with van der Waals surface area (Å²) < 4.78 is 0. The average molecular weight is 147 g/mol. The molecule has 0 bridgehead atoms. The van der Waals surface area contributed by atoms with E-state index < -0.39 is 0 Å². The lowest BCUT2D eigenvalue weighted by Crippen LogP contribution is -2.21. The van der Waals surface area contributed by atoms with E-state index in [1.165, 1.54) is 0 Å². The molecule has 1 rings (SSSR count). The van der Waals surface area contributed by atoms with Crippen LogP contribution in [0.2, 0.25) is 0 Å². The smallest absolute Gasteiger partial charge is 0.116 e. The van der Waals surface area contributed by atoms with E-state index in [9.17, 15) is 0 Å². The molecule has 0 aliphatic carbocycles. The number of hydrogen-bond donors (Lipinski definition) is 1. The van der Waals surface area contributed by atoms with Gasteiger partial charge in [-0.1, -0.05) is 12.6 Å². The maximum atomic E-state index is 9.05. The summed E-state index contributed by atoms with van der Waals surface area (Å²) in [6, 6.07) is 4.91. The van der Waals surface area contributed by atoms with E-state index in [2.05, 4.69) is 18.3 Å². The first kappa shape index (κ1) is 7.54. The summed E-state index contributed by atoms with van der Waals surface area (Å²) in [6.45, 7) is 7.06. The Hall–Kier alpha value is -1.57. The molecule has 0 saturated carbocycles. The van der Waals surface area contributed by atoms with Crippen molar-refractivity contribution < 1.29 is 5.11 Å². The molecule has 1 aromatic rings. The van der Waals surface area contributed by atoms with Crippen LogP contribution in [-0.2, 0) is 0 Å². The molecule has 0 unspecified atom stereocenters. The molecule has 1 N–H and O–H groups in total. The molecule has 0 heterocycles. The third-order valence-corrected chi connectivity index (χ3v) is 1.36. The Bertz CT molecular complexity index is 368. The third kappa shape index (κ3) is 1.67. The summed E-state index contributed by atoms with van der Waals surface area (Å²) in [5, 5.41) is 10.7. The van der Waals surface area contributed by atoms with Crippen LogP contribution in [0.25, 0.3) is 12.8 Å². The van der Waals surface area contributed by atoms with Gasteiger partial charge in [0, 0.05) is 11.4 Å². The van der Waals surface area contributed by atoms with Gasteiger partial charge in [0.15, 0.2) is 0 Å². The number of phenols is 1. The van der Waals surface area contributed by atoms with Crippen LogP contribution in [0.15, 0.2) is 23.2 Å². The van der Waals surface area contributed by atoms with E-state index in [4.69, 9.17) is 5.11 Å². The highest BCUT2D eigenvalue weighted by molar-refractivity contribution is 5.38. The van der Waals surface area contributed by atoms with Crippen LogP contribution in [0.3, 0.4) is 0 Å².